The fourth-order valence-corrected chi connectivity index (χ4v) is 1.93. The fraction of sp³-hybridized carbons (Fsp3) is 0.643. The van der Waals surface area contributed by atoms with Gasteiger partial charge in [0, 0.05) is 18.7 Å². The van der Waals surface area contributed by atoms with Crippen molar-refractivity contribution >= 4 is 5.91 Å². The van der Waals surface area contributed by atoms with Crippen LogP contribution in [-0.2, 0) is 17.4 Å². The summed E-state index contributed by atoms with van der Waals surface area (Å²) < 4.78 is 37.9. The van der Waals surface area contributed by atoms with Crippen molar-refractivity contribution in [1.29, 1.82) is 0 Å². The zero-order valence-corrected chi connectivity index (χ0v) is 12.9. The summed E-state index contributed by atoms with van der Waals surface area (Å²) in [6.07, 6.45) is -3.85. The van der Waals surface area contributed by atoms with E-state index in [0.29, 0.717) is 6.42 Å². The minimum absolute atomic E-state index is 0.0463. The second-order valence-electron chi connectivity index (χ2n) is 5.59. The lowest BCUT2D eigenvalue weighted by Gasteiger charge is -2.14. The van der Waals surface area contributed by atoms with Gasteiger partial charge in [0.25, 0.3) is 0 Å². The maximum Gasteiger partial charge on any atom is 0.433 e. The molecule has 5 nitrogen and oxygen atoms in total. The van der Waals surface area contributed by atoms with Gasteiger partial charge in [-0.2, -0.15) is 13.2 Å². The first-order valence-electron chi connectivity index (χ1n) is 7.04. The van der Waals surface area contributed by atoms with Crippen LogP contribution >= 0.6 is 0 Å². The summed E-state index contributed by atoms with van der Waals surface area (Å²) in [5.41, 5.74) is 4.97. The number of carbonyl (C=O) groups is 1. The van der Waals surface area contributed by atoms with Crippen LogP contribution in [0, 0.1) is 12.8 Å². The van der Waals surface area contributed by atoms with Crippen LogP contribution < -0.4 is 11.1 Å². The SMILES string of the molecule is Cc1cc(C(F)(F)F)nc(CCNC(=O)[C@H](N)CC(C)C)n1. The van der Waals surface area contributed by atoms with Crippen molar-refractivity contribution in [3.05, 3.63) is 23.3 Å². The van der Waals surface area contributed by atoms with Crippen LogP contribution in [0.4, 0.5) is 13.2 Å². The second-order valence-corrected chi connectivity index (χ2v) is 5.59. The van der Waals surface area contributed by atoms with Gasteiger partial charge in [0.1, 0.15) is 11.5 Å². The molecule has 1 rings (SSSR count). The maximum absolute atomic E-state index is 12.6. The minimum atomic E-state index is -4.51. The van der Waals surface area contributed by atoms with Gasteiger partial charge in [-0.25, -0.2) is 9.97 Å². The first kappa shape index (κ1) is 18.3. The van der Waals surface area contributed by atoms with E-state index in [9.17, 15) is 18.0 Å². The summed E-state index contributed by atoms with van der Waals surface area (Å²) >= 11 is 0. The van der Waals surface area contributed by atoms with E-state index in [1.54, 1.807) is 0 Å². The third-order valence-electron chi connectivity index (χ3n) is 2.90. The van der Waals surface area contributed by atoms with Crippen LogP contribution in [0.25, 0.3) is 0 Å². The Morgan fingerprint density at radius 3 is 2.55 bits per heavy atom. The van der Waals surface area contributed by atoms with Gasteiger partial charge in [-0.15, -0.1) is 0 Å². The van der Waals surface area contributed by atoms with Gasteiger partial charge in [0.2, 0.25) is 5.91 Å². The maximum atomic E-state index is 12.6. The molecule has 0 aliphatic rings. The van der Waals surface area contributed by atoms with Crippen molar-refractivity contribution in [3.8, 4) is 0 Å². The molecule has 0 spiro atoms. The normalized spacial score (nSPS) is 13.3. The zero-order chi connectivity index (χ0) is 16.9. The van der Waals surface area contributed by atoms with Crippen LogP contribution in [0.15, 0.2) is 6.07 Å². The molecule has 0 radical (unpaired) electrons. The summed E-state index contributed by atoms with van der Waals surface area (Å²) in [7, 11) is 0. The van der Waals surface area contributed by atoms with E-state index in [4.69, 9.17) is 5.73 Å². The van der Waals surface area contributed by atoms with Crippen LogP contribution in [0.5, 0.6) is 0 Å². The van der Waals surface area contributed by atoms with Crippen LogP contribution in [0.1, 0.15) is 37.5 Å². The van der Waals surface area contributed by atoms with Crippen molar-refractivity contribution < 1.29 is 18.0 Å². The summed E-state index contributed by atoms with van der Waals surface area (Å²) in [4.78, 5) is 19.1. The smallest absolute Gasteiger partial charge is 0.354 e. The zero-order valence-electron chi connectivity index (χ0n) is 12.9. The van der Waals surface area contributed by atoms with Gasteiger partial charge in [0.05, 0.1) is 6.04 Å². The molecule has 1 aromatic rings. The predicted molar refractivity (Wildman–Crippen MR) is 75.9 cm³/mol. The molecule has 0 saturated carbocycles. The number of amides is 1. The third-order valence-corrected chi connectivity index (χ3v) is 2.90. The Morgan fingerprint density at radius 1 is 1.36 bits per heavy atom. The molecule has 0 unspecified atom stereocenters. The van der Waals surface area contributed by atoms with Gasteiger partial charge >= 0.3 is 6.18 Å². The number of aryl methyl sites for hydroxylation is 1. The van der Waals surface area contributed by atoms with Crippen LogP contribution in [-0.4, -0.2) is 28.5 Å². The number of aromatic nitrogens is 2. The van der Waals surface area contributed by atoms with E-state index in [1.165, 1.54) is 6.92 Å². The summed E-state index contributed by atoms with van der Waals surface area (Å²) in [5, 5.41) is 2.59. The molecule has 1 atom stereocenters. The number of nitrogens with zero attached hydrogens (tertiary/aromatic N) is 2. The van der Waals surface area contributed by atoms with Crippen molar-refractivity contribution in [2.75, 3.05) is 6.54 Å². The first-order valence-corrected chi connectivity index (χ1v) is 7.04. The standard InChI is InChI=1S/C14H21F3N4O/c1-8(2)6-10(18)13(22)19-5-4-12-20-9(3)7-11(21-12)14(15,16)17/h7-8,10H,4-6,18H2,1-3H3,(H,19,22)/t10-/m1/s1. The molecular formula is C14H21F3N4O. The lowest BCUT2D eigenvalue weighted by Crippen LogP contribution is -2.42. The fourth-order valence-electron chi connectivity index (χ4n) is 1.93. The summed E-state index contributed by atoms with van der Waals surface area (Å²) in [6, 6.07) is 0.268. The number of alkyl halides is 3. The lowest BCUT2D eigenvalue weighted by atomic mass is 10.0. The number of nitrogens with one attached hydrogen (secondary N) is 1. The van der Waals surface area contributed by atoms with E-state index in [2.05, 4.69) is 15.3 Å². The van der Waals surface area contributed by atoms with Crippen LogP contribution in [0.3, 0.4) is 0 Å². The Hall–Kier alpha value is -1.70. The Balaban J connectivity index is 2.58. The molecule has 1 aromatic heterocycles. The molecule has 0 bridgehead atoms. The van der Waals surface area contributed by atoms with E-state index in [0.717, 1.165) is 6.07 Å². The molecule has 8 heteroatoms. The van der Waals surface area contributed by atoms with Crippen molar-refractivity contribution in [1.82, 2.24) is 15.3 Å². The van der Waals surface area contributed by atoms with Crippen molar-refractivity contribution in [2.45, 2.75) is 45.8 Å². The van der Waals surface area contributed by atoms with Crippen LogP contribution in [0.2, 0.25) is 0 Å². The van der Waals surface area contributed by atoms with E-state index >= 15 is 0 Å². The van der Waals surface area contributed by atoms with Gasteiger partial charge < -0.3 is 11.1 Å². The topological polar surface area (TPSA) is 80.9 Å². The molecule has 0 saturated heterocycles. The molecule has 3 N–H and O–H groups in total. The highest BCUT2D eigenvalue weighted by molar-refractivity contribution is 5.81. The second kappa shape index (κ2) is 7.53. The largest absolute Gasteiger partial charge is 0.433 e. The van der Waals surface area contributed by atoms with Crippen molar-refractivity contribution in [2.24, 2.45) is 11.7 Å². The van der Waals surface area contributed by atoms with E-state index in [1.807, 2.05) is 13.8 Å². The van der Waals surface area contributed by atoms with Gasteiger partial charge in [-0.3, -0.25) is 4.79 Å². The lowest BCUT2D eigenvalue weighted by molar-refractivity contribution is -0.141. The van der Waals surface area contributed by atoms with E-state index < -0.39 is 17.9 Å². The molecule has 1 amide bonds. The Labute approximate surface area is 127 Å². The molecule has 22 heavy (non-hydrogen) atoms. The van der Waals surface area contributed by atoms with Gasteiger partial charge in [-0.05, 0) is 25.3 Å². The molecule has 0 aromatic carbocycles. The summed E-state index contributed by atoms with van der Waals surface area (Å²) in [5.74, 6) is 0.0117. The highest BCUT2D eigenvalue weighted by Crippen LogP contribution is 2.27. The quantitative estimate of drug-likeness (QED) is 0.838. The van der Waals surface area contributed by atoms with E-state index in [-0.39, 0.29) is 36.3 Å². The Kier molecular flexibility index (Phi) is 6.28. The number of halogens is 3. The number of carbonyl (C=O) groups excluding carboxylic acids is 1. The number of hydrogen-bond donors (Lipinski definition) is 2. The molecule has 1 heterocycles. The highest BCUT2D eigenvalue weighted by Gasteiger charge is 2.33. The number of nitrogens with two attached hydrogens (primary N) is 1. The molecule has 124 valence electrons. The molecular weight excluding hydrogens is 297 g/mol. The first-order chi connectivity index (χ1) is 10.1. The molecule has 0 aliphatic heterocycles. The average Bonchev–Trinajstić information content (AvgIpc) is 2.36. The Bertz CT molecular complexity index is 517. The number of hydrogen-bond acceptors (Lipinski definition) is 4. The Morgan fingerprint density at radius 2 is 2.00 bits per heavy atom. The third kappa shape index (κ3) is 5.97. The molecule has 0 aliphatic carbocycles. The molecule has 0 fully saturated rings. The minimum Gasteiger partial charge on any atom is -0.354 e. The van der Waals surface area contributed by atoms with Gasteiger partial charge in [0.15, 0.2) is 0 Å². The van der Waals surface area contributed by atoms with Crippen molar-refractivity contribution in [3.63, 3.8) is 0 Å². The van der Waals surface area contributed by atoms with Gasteiger partial charge in [-0.1, -0.05) is 13.8 Å². The highest BCUT2D eigenvalue weighted by atomic mass is 19.4. The predicted octanol–water partition coefficient (Wildman–Crippen LogP) is 1.84. The average molecular weight is 318 g/mol. The summed E-state index contributed by atoms with van der Waals surface area (Å²) in [6.45, 7) is 5.52. The number of rotatable bonds is 6. The monoisotopic (exact) mass is 318 g/mol.